The van der Waals surface area contributed by atoms with Gasteiger partial charge in [-0.2, -0.15) is 13.2 Å². The second kappa shape index (κ2) is 12.4. The second-order valence-electron chi connectivity index (χ2n) is 8.25. The summed E-state index contributed by atoms with van der Waals surface area (Å²) in [5, 5.41) is 6.81. The predicted octanol–water partition coefficient (Wildman–Crippen LogP) is 3.65. The van der Waals surface area contributed by atoms with Crippen molar-refractivity contribution in [3.05, 3.63) is 35.4 Å². The van der Waals surface area contributed by atoms with Gasteiger partial charge in [0.25, 0.3) is 0 Å². The van der Waals surface area contributed by atoms with Crippen molar-refractivity contribution in [2.24, 2.45) is 4.99 Å². The number of hydrogen-bond acceptors (Lipinski definition) is 4. The van der Waals surface area contributed by atoms with Gasteiger partial charge in [0.15, 0.2) is 5.96 Å². The molecular weight excluding hydrogens is 536 g/mol. The van der Waals surface area contributed by atoms with Crippen LogP contribution in [0.5, 0.6) is 0 Å². The second-order valence-corrected chi connectivity index (χ2v) is 8.25. The summed E-state index contributed by atoms with van der Waals surface area (Å²) in [4.78, 5) is 7.02. The van der Waals surface area contributed by atoms with Crippen molar-refractivity contribution in [3.63, 3.8) is 0 Å². The van der Waals surface area contributed by atoms with E-state index in [1.165, 1.54) is 0 Å². The molecule has 2 aliphatic heterocycles. The van der Waals surface area contributed by atoms with Gasteiger partial charge < -0.3 is 20.1 Å². The maximum atomic E-state index is 12.7. The average Bonchev–Trinajstić information content (AvgIpc) is 3.19. The van der Waals surface area contributed by atoms with Crippen LogP contribution in [0.2, 0.25) is 0 Å². The lowest BCUT2D eigenvalue weighted by atomic mass is 9.94. The van der Waals surface area contributed by atoms with Crippen LogP contribution in [0, 0.1) is 0 Å². The number of halogens is 4. The van der Waals surface area contributed by atoms with Crippen molar-refractivity contribution in [1.29, 1.82) is 0 Å². The Hall–Kier alpha value is -1.11. The summed E-state index contributed by atoms with van der Waals surface area (Å²) >= 11 is 0. The van der Waals surface area contributed by atoms with Crippen molar-refractivity contribution in [3.8, 4) is 0 Å². The summed E-state index contributed by atoms with van der Waals surface area (Å²) in [7, 11) is 1.73. The largest absolute Gasteiger partial charge is 0.416 e. The molecule has 0 amide bonds. The first kappa shape index (κ1) is 27.1. The fourth-order valence-corrected chi connectivity index (χ4v) is 4.06. The molecule has 2 N–H and O–H groups in total. The lowest BCUT2D eigenvalue weighted by Crippen LogP contribution is -2.47. The summed E-state index contributed by atoms with van der Waals surface area (Å²) in [6.45, 7) is 7.08. The van der Waals surface area contributed by atoms with Crippen LogP contribution in [0.4, 0.5) is 13.2 Å². The number of rotatable bonds is 7. The summed E-state index contributed by atoms with van der Waals surface area (Å²) in [6.07, 6.45) is -1.68. The van der Waals surface area contributed by atoms with Gasteiger partial charge in [0, 0.05) is 65.4 Å². The quantitative estimate of drug-likeness (QED) is 0.298. The number of ether oxygens (including phenoxy) is 2. The lowest BCUT2D eigenvalue weighted by molar-refractivity contribution is -0.137. The minimum Gasteiger partial charge on any atom is -0.381 e. The maximum Gasteiger partial charge on any atom is 0.416 e. The van der Waals surface area contributed by atoms with Crippen LogP contribution in [0.3, 0.4) is 0 Å². The molecule has 1 unspecified atom stereocenters. The van der Waals surface area contributed by atoms with Crippen molar-refractivity contribution in [2.75, 3.05) is 46.5 Å². The smallest absolute Gasteiger partial charge is 0.381 e. The highest BCUT2D eigenvalue weighted by molar-refractivity contribution is 14.0. The summed E-state index contributed by atoms with van der Waals surface area (Å²) < 4.78 is 49.4. The molecule has 0 saturated carbocycles. The third-order valence-electron chi connectivity index (χ3n) is 6.01. The number of hydrogen-bond donors (Lipinski definition) is 2. The molecule has 0 radical (unpaired) electrons. The number of methoxy groups -OCH3 is 1. The van der Waals surface area contributed by atoms with Crippen LogP contribution in [-0.4, -0.2) is 69.0 Å². The van der Waals surface area contributed by atoms with Gasteiger partial charge in [0.1, 0.15) is 0 Å². The minimum absolute atomic E-state index is 0. The van der Waals surface area contributed by atoms with E-state index < -0.39 is 11.7 Å². The van der Waals surface area contributed by atoms with E-state index in [0.717, 1.165) is 62.6 Å². The molecule has 2 aliphatic rings. The van der Waals surface area contributed by atoms with Crippen molar-refractivity contribution in [1.82, 2.24) is 15.5 Å². The standard InChI is InChI=1S/C22H33F3N4O2.HI/c1-3-26-20(27-16-21(30-2)9-12-31-13-10-21)28-19-8-11-29(15-19)14-17-4-6-18(7-5-17)22(23,24)25;/h4-7,19H,3,8-16H2,1-2H3,(H2,26,27,28);1H. The molecule has 0 aromatic heterocycles. The first-order chi connectivity index (χ1) is 14.8. The molecule has 6 nitrogen and oxygen atoms in total. The third kappa shape index (κ3) is 7.74. The number of guanidine groups is 1. The number of nitrogens with zero attached hydrogens (tertiary/aromatic N) is 2. The van der Waals surface area contributed by atoms with E-state index in [9.17, 15) is 13.2 Å². The lowest BCUT2D eigenvalue weighted by Gasteiger charge is -2.34. The molecule has 1 aromatic carbocycles. The highest BCUT2D eigenvalue weighted by atomic mass is 127. The van der Waals surface area contributed by atoms with Gasteiger partial charge >= 0.3 is 6.18 Å². The van der Waals surface area contributed by atoms with Gasteiger partial charge in [-0.3, -0.25) is 9.89 Å². The van der Waals surface area contributed by atoms with Crippen molar-refractivity contribution < 1.29 is 22.6 Å². The Morgan fingerprint density at radius 1 is 1.25 bits per heavy atom. The van der Waals surface area contributed by atoms with E-state index in [-0.39, 0.29) is 35.6 Å². The third-order valence-corrected chi connectivity index (χ3v) is 6.01. The average molecular weight is 570 g/mol. The van der Waals surface area contributed by atoms with Gasteiger partial charge in [0.2, 0.25) is 0 Å². The molecule has 3 rings (SSSR count). The van der Waals surface area contributed by atoms with E-state index in [2.05, 4.69) is 15.5 Å². The van der Waals surface area contributed by atoms with E-state index in [0.29, 0.717) is 26.3 Å². The number of aliphatic imine (C=N–C) groups is 1. The molecule has 10 heteroatoms. The Morgan fingerprint density at radius 3 is 2.53 bits per heavy atom. The number of alkyl halides is 3. The number of benzene rings is 1. The molecule has 0 aliphatic carbocycles. The molecule has 32 heavy (non-hydrogen) atoms. The molecule has 2 saturated heterocycles. The van der Waals surface area contributed by atoms with Crippen LogP contribution in [0.15, 0.2) is 29.3 Å². The molecule has 2 fully saturated rings. The molecule has 182 valence electrons. The predicted molar refractivity (Wildman–Crippen MR) is 129 cm³/mol. The van der Waals surface area contributed by atoms with E-state index in [1.54, 1.807) is 19.2 Å². The molecule has 1 atom stereocenters. The van der Waals surface area contributed by atoms with Gasteiger partial charge in [-0.15, -0.1) is 24.0 Å². The Labute approximate surface area is 205 Å². The molecule has 1 aromatic rings. The first-order valence-electron chi connectivity index (χ1n) is 10.9. The molecule has 2 heterocycles. The molecule has 0 bridgehead atoms. The van der Waals surface area contributed by atoms with Crippen LogP contribution in [0.25, 0.3) is 0 Å². The number of nitrogens with one attached hydrogen (secondary N) is 2. The Balaban J connectivity index is 0.00000363. The summed E-state index contributed by atoms with van der Waals surface area (Å²) in [5.74, 6) is 0.770. The SMILES string of the molecule is CCNC(=NCC1(OC)CCOCC1)NC1CCN(Cc2ccc(C(F)(F)F)cc2)C1.I. The zero-order valence-electron chi connectivity index (χ0n) is 18.7. The normalized spacial score (nSPS) is 21.8. The summed E-state index contributed by atoms with van der Waals surface area (Å²) in [6, 6.07) is 5.67. The highest BCUT2D eigenvalue weighted by Crippen LogP contribution is 2.29. The fourth-order valence-electron chi connectivity index (χ4n) is 4.06. The van der Waals surface area contributed by atoms with Gasteiger partial charge in [0.05, 0.1) is 17.7 Å². The van der Waals surface area contributed by atoms with E-state index in [4.69, 9.17) is 14.5 Å². The van der Waals surface area contributed by atoms with Gasteiger partial charge in [-0.05, 0) is 31.0 Å². The topological polar surface area (TPSA) is 58.1 Å². The van der Waals surface area contributed by atoms with Gasteiger partial charge in [-0.25, -0.2) is 0 Å². The van der Waals surface area contributed by atoms with Crippen LogP contribution in [-0.2, 0) is 22.2 Å². The maximum absolute atomic E-state index is 12.7. The Kier molecular flexibility index (Phi) is 10.5. The first-order valence-corrected chi connectivity index (χ1v) is 10.9. The van der Waals surface area contributed by atoms with Crippen molar-refractivity contribution in [2.45, 2.75) is 50.6 Å². The van der Waals surface area contributed by atoms with Gasteiger partial charge in [-0.1, -0.05) is 12.1 Å². The van der Waals surface area contributed by atoms with E-state index in [1.807, 2.05) is 6.92 Å². The fraction of sp³-hybridized carbons (Fsp3) is 0.682. The minimum atomic E-state index is -4.30. The highest BCUT2D eigenvalue weighted by Gasteiger charge is 2.33. The Morgan fingerprint density at radius 2 is 1.94 bits per heavy atom. The monoisotopic (exact) mass is 570 g/mol. The number of likely N-dealkylation sites (tertiary alicyclic amines) is 1. The molecule has 0 spiro atoms. The molecular formula is C22H34F3IN4O2. The van der Waals surface area contributed by atoms with Crippen LogP contribution in [0.1, 0.15) is 37.3 Å². The van der Waals surface area contributed by atoms with Crippen LogP contribution < -0.4 is 10.6 Å². The van der Waals surface area contributed by atoms with Crippen molar-refractivity contribution >= 4 is 29.9 Å². The Bertz CT molecular complexity index is 725. The zero-order chi connectivity index (χ0) is 22.3. The van der Waals surface area contributed by atoms with E-state index >= 15 is 0 Å². The zero-order valence-corrected chi connectivity index (χ0v) is 21.0. The summed E-state index contributed by atoms with van der Waals surface area (Å²) in [5.41, 5.74) is 0.00286. The van der Waals surface area contributed by atoms with Crippen LogP contribution >= 0.6 is 24.0 Å².